The molecule has 5 nitrogen and oxygen atoms in total. The van der Waals surface area contributed by atoms with Crippen LogP contribution in [0.25, 0.3) is 0 Å². The molecule has 1 saturated carbocycles. The number of hydrogen-bond donors (Lipinski definition) is 2. The van der Waals surface area contributed by atoms with Crippen molar-refractivity contribution in [1.82, 2.24) is 20.5 Å². The predicted molar refractivity (Wildman–Crippen MR) is 81.1 cm³/mol. The monoisotopic (exact) mass is 277 g/mol. The number of aromatic nitrogens is 3. The number of hydrogen-bond acceptors (Lipinski definition) is 4. The van der Waals surface area contributed by atoms with Gasteiger partial charge in [0.15, 0.2) is 0 Å². The van der Waals surface area contributed by atoms with E-state index in [1.54, 1.807) is 0 Å². The van der Waals surface area contributed by atoms with Crippen molar-refractivity contribution in [2.24, 2.45) is 0 Å². The Balaban J connectivity index is 1.69. The molecule has 2 aliphatic rings. The summed E-state index contributed by atoms with van der Waals surface area (Å²) in [6, 6.07) is 0.997. The highest BCUT2D eigenvalue weighted by atomic mass is 15.4. The molecule has 1 aliphatic carbocycles. The van der Waals surface area contributed by atoms with E-state index in [1.165, 1.54) is 38.5 Å². The van der Waals surface area contributed by atoms with Gasteiger partial charge in [0.2, 0.25) is 5.95 Å². The summed E-state index contributed by atoms with van der Waals surface area (Å²) in [5.74, 6) is 2.60. The van der Waals surface area contributed by atoms with E-state index in [2.05, 4.69) is 34.3 Å². The Labute approximate surface area is 121 Å². The molecule has 1 saturated heterocycles. The van der Waals surface area contributed by atoms with Crippen LogP contribution in [0.4, 0.5) is 5.95 Å². The van der Waals surface area contributed by atoms with Crippen LogP contribution in [0.5, 0.6) is 0 Å². The Kier molecular flexibility index (Phi) is 4.24. The van der Waals surface area contributed by atoms with Gasteiger partial charge < -0.3 is 10.2 Å². The summed E-state index contributed by atoms with van der Waals surface area (Å²) < 4.78 is 0. The van der Waals surface area contributed by atoms with E-state index in [0.29, 0.717) is 18.0 Å². The summed E-state index contributed by atoms with van der Waals surface area (Å²) in [6.45, 7) is 6.43. The quantitative estimate of drug-likeness (QED) is 0.815. The summed E-state index contributed by atoms with van der Waals surface area (Å²) in [4.78, 5) is 7.11. The molecule has 1 aromatic rings. The minimum Gasteiger partial charge on any atom is -0.336 e. The molecule has 1 aliphatic heterocycles. The van der Waals surface area contributed by atoms with E-state index in [1.807, 2.05) is 0 Å². The second kappa shape index (κ2) is 6.12. The second-order valence-electron chi connectivity index (χ2n) is 6.58. The predicted octanol–water partition coefficient (Wildman–Crippen LogP) is 2.43. The molecule has 0 bridgehead atoms. The minimum atomic E-state index is 0.499. The third-order valence-corrected chi connectivity index (χ3v) is 4.57. The molecule has 2 atom stereocenters. The van der Waals surface area contributed by atoms with E-state index >= 15 is 0 Å². The highest BCUT2D eigenvalue weighted by molar-refractivity contribution is 5.31. The van der Waals surface area contributed by atoms with Crippen LogP contribution < -0.4 is 10.2 Å². The second-order valence-corrected chi connectivity index (χ2v) is 6.58. The summed E-state index contributed by atoms with van der Waals surface area (Å²) in [7, 11) is 0. The highest BCUT2D eigenvalue weighted by Crippen LogP contribution is 2.30. The molecular formula is C15H27N5. The first kappa shape index (κ1) is 13.9. The lowest BCUT2D eigenvalue weighted by atomic mass is 10.00. The number of rotatable bonds is 2. The van der Waals surface area contributed by atoms with Gasteiger partial charge >= 0.3 is 0 Å². The first-order valence-electron chi connectivity index (χ1n) is 8.15. The van der Waals surface area contributed by atoms with Crippen LogP contribution >= 0.6 is 0 Å². The molecule has 0 amide bonds. The van der Waals surface area contributed by atoms with Crippen molar-refractivity contribution in [3.8, 4) is 0 Å². The zero-order valence-corrected chi connectivity index (χ0v) is 12.7. The van der Waals surface area contributed by atoms with Crippen LogP contribution in [0.15, 0.2) is 0 Å². The van der Waals surface area contributed by atoms with Crippen molar-refractivity contribution >= 4 is 5.95 Å². The van der Waals surface area contributed by atoms with Crippen molar-refractivity contribution in [3.05, 3.63) is 5.82 Å². The third-order valence-electron chi connectivity index (χ3n) is 4.57. The number of H-pyrrole nitrogens is 1. The number of nitrogens with zero attached hydrogens (tertiary/aromatic N) is 3. The van der Waals surface area contributed by atoms with E-state index < -0.39 is 0 Å². The zero-order valence-electron chi connectivity index (χ0n) is 12.7. The van der Waals surface area contributed by atoms with Crippen LogP contribution in [-0.2, 0) is 0 Å². The highest BCUT2D eigenvalue weighted by Gasteiger charge is 2.25. The largest absolute Gasteiger partial charge is 0.336 e. The fourth-order valence-electron chi connectivity index (χ4n) is 3.63. The Bertz CT molecular complexity index is 412. The molecule has 3 rings (SSSR count). The normalized spacial score (nSPS) is 29.4. The maximum atomic E-state index is 4.80. The van der Waals surface area contributed by atoms with Crippen LogP contribution in [0.2, 0.25) is 0 Å². The van der Waals surface area contributed by atoms with Gasteiger partial charge in [-0.3, -0.25) is 5.10 Å². The van der Waals surface area contributed by atoms with Crippen LogP contribution in [0.3, 0.4) is 0 Å². The molecule has 0 spiro atoms. The molecule has 20 heavy (non-hydrogen) atoms. The number of anilines is 1. The molecule has 2 fully saturated rings. The van der Waals surface area contributed by atoms with Gasteiger partial charge in [0.05, 0.1) is 0 Å². The van der Waals surface area contributed by atoms with Crippen LogP contribution in [0, 0.1) is 0 Å². The van der Waals surface area contributed by atoms with Gasteiger partial charge in [-0.2, -0.15) is 4.98 Å². The topological polar surface area (TPSA) is 56.8 Å². The number of aromatic amines is 1. The van der Waals surface area contributed by atoms with Gasteiger partial charge in [0, 0.05) is 31.1 Å². The maximum absolute atomic E-state index is 4.80. The smallest absolute Gasteiger partial charge is 0.244 e. The summed E-state index contributed by atoms with van der Waals surface area (Å²) >= 11 is 0. The Morgan fingerprint density at radius 2 is 1.65 bits per heavy atom. The maximum Gasteiger partial charge on any atom is 0.244 e. The Morgan fingerprint density at radius 1 is 1.00 bits per heavy atom. The van der Waals surface area contributed by atoms with E-state index in [9.17, 15) is 0 Å². The van der Waals surface area contributed by atoms with Gasteiger partial charge in [0.25, 0.3) is 0 Å². The first-order valence-corrected chi connectivity index (χ1v) is 8.15. The first-order chi connectivity index (χ1) is 9.72. The summed E-state index contributed by atoms with van der Waals surface area (Å²) in [6.07, 6.45) is 7.96. The Hall–Kier alpha value is -1.10. The van der Waals surface area contributed by atoms with Gasteiger partial charge in [-0.25, -0.2) is 0 Å². The number of piperazine rings is 1. The summed E-state index contributed by atoms with van der Waals surface area (Å²) in [5, 5.41) is 11.2. The lowest BCUT2D eigenvalue weighted by molar-refractivity contribution is 0.403. The SMILES string of the molecule is CC1CN(c2n[nH]c(C3CCCCCC3)n2)CC(C)N1. The fraction of sp³-hybridized carbons (Fsp3) is 0.867. The average molecular weight is 277 g/mol. The van der Waals surface area contributed by atoms with Crippen molar-refractivity contribution in [3.63, 3.8) is 0 Å². The van der Waals surface area contributed by atoms with Crippen molar-refractivity contribution in [2.75, 3.05) is 18.0 Å². The van der Waals surface area contributed by atoms with Crippen molar-refractivity contribution in [1.29, 1.82) is 0 Å². The van der Waals surface area contributed by atoms with Crippen molar-refractivity contribution < 1.29 is 0 Å². The molecule has 5 heteroatoms. The van der Waals surface area contributed by atoms with E-state index in [0.717, 1.165) is 24.9 Å². The fourth-order valence-corrected chi connectivity index (χ4v) is 3.63. The van der Waals surface area contributed by atoms with Crippen LogP contribution in [0.1, 0.15) is 64.1 Å². The molecule has 2 N–H and O–H groups in total. The number of nitrogens with one attached hydrogen (secondary N) is 2. The lowest BCUT2D eigenvalue weighted by Crippen LogP contribution is -2.54. The van der Waals surface area contributed by atoms with Gasteiger partial charge in [-0.15, -0.1) is 5.10 Å². The zero-order chi connectivity index (χ0) is 13.9. The molecule has 2 heterocycles. The molecule has 112 valence electrons. The van der Waals surface area contributed by atoms with Gasteiger partial charge in [-0.05, 0) is 26.7 Å². The van der Waals surface area contributed by atoms with Crippen molar-refractivity contribution in [2.45, 2.75) is 70.4 Å². The Morgan fingerprint density at radius 3 is 2.30 bits per heavy atom. The molecule has 2 unspecified atom stereocenters. The minimum absolute atomic E-state index is 0.499. The third kappa shape index (κ3) is 3.14. The van der Waals surface area contributed by atoms with Gasteiger partial charge in [-0.1, -0.05) is 25.7 Å². The van der Waals surface area contributed by atoms with E-state index in [4.69, 9.17) is 4.98 Å². The summed E-state index contributed by atoms with van der Waals surface area (Å²) in [5.41, 5.74) is 0. The molecule has 0 aromatic carbocycles. The van der Waals surface area contributed by atoms with E-state index in [-0.39, 0.29) is 0 Å². The lowest BCUT2D eigenvalue weighted by Gasteiger charge is -2.35. The average Bonchev–Trinajstić information content (AvgIpc) is 2.74. The van der Waals surface area contributed by atoms with Gasteiger partial charge in [0.1, 0.15) is 5.82 Å². The molecule has 1 aromatic heterocycles. The molecular weight excluding hydrogens is 250 g/mol. The van der Waals surface area contributed by atoms with Crippen LogP contribution in [-0.4, -0.2) is 40.4 Å². The standard InChI is InChI=1S/C15H27N5/c1-11-9-20(10-12(2)16-11)15-17-14(18-19-15)13-7-5-3-4-6-8-13/h11-13,16H,3-10H2,1-2H3,(H,17,18,19). The molecule has 0 radical (unpaired) electrons.